The molecular weight excluding hydrogens is 314 g/mol. The second kappa shape index (κ2) is 6.74. The summed E-state index contributed by atoms with van der Waals surface area (Å²) in [7, 11) is 1.38. The van der Waals surface area contributed by atoms with Crippen LogP contribution in [0.2, 0.25) is 0 Å². The van der Waals surface area contributed by atoms with E-state index >= 15 is 0 Å². The highest BCUT2D eigenvalue weighted by Crippen LogP contribution is 2.29. The lowest BCUT2D eigenvalue weighted by atomic mass is 10.3. The molecule has 0 radical (unpaired) electrons. The van der Waals surface area contributed by atoms with Crippen LogP contribution in [0.25, 0.3) is 16.9 Å². The summed E-state index contributed by atoms with van der Waals surface area (Å²) < 4.78 is 6.47. The summed E-state index contributed by atoms with van der Waals surface area (Å²) in [5.74, 6) is -0.278. The number of thioether (sulfide) groups is 1. The molecule has 0 saturated carbocycles. The van der Waals surface area contributed by atoms with Gasteiger partial charge in [-0.2, -0.15) is 4.68 Å². The zero-order valence-corrected chi connectivity index (χ0v) is 13.5. The number of rotatable bonds is 5. The molecule has 118 valence electrons. The third-order valence-corrected chi connectivity index (χ3v) is 4.63. The predicted octanol–water partition coefficient (Wildman–Crippen LogP) is 2.25. The van der Waals surface area contributed by atoms with Gasteiger partial charge in [-0.3, -0.25) is 4.79 Å². The predicted molar refractivity (Wildman–Crippen MR) is 86.4 cm³/mol. The van der Waals surface area contributed by atoms with E-state index in [1.807, 2.05) is 37.3 Å². The molecule has 23 heavy (non-hydrogen) atoms. The Bertz CT molecular complexity index is 821. The van der Waals surface area contributed by atoms with Gasteiger partial charge in [0.05, 0.1) is 12.8 Å². The monoisotopic (exact) mass is 329 g/mol. The van der Waals surface area contributed by atoms with Crippen molar-refractivity contribution in [3.05, 3.63) is 36.7 Å². The number of methoxy groups -OCH3 is 1. The number of fused-ring (bicyclic) bond motifs is 1. The highest BCUT2D eigenvalue weighted by Gasteiger charge is 2.22. The largest absolute Gasteiger partial charge is 0.468 e. The maximum atomic E-state index is 11.8. The van der Waals surface area contributed by atoms with Crippen molar-refractivity contribution < 1.29 is 9.53 Å². The van der Waals surface area contributed by atoms with Gasteiger partial charge in [0.15, 0.2) is 11.2 Å². The lowest BCUT2D eigenvalue weighted by Gasteiger charge is -2.10. The number of aromatic nitrogens is 5. The van der Waals surface area contributed by atoms with Crippen molar-refractivity contribution >= 4 is 28.9 Å². The molecule has 1 aromatic carbocycles. The van der Waals surface area contributed by atoms with Crippen molar-refractivity contribution in [3.8, 4) is 5.69 Å². The van der Waals surface area contributed by atoms with E-state index in [0.29, 0.717) is 22.6 Å². The molecule has 3 aromatic rings. The molecule has 0 aliphatic carbocycles. The molecule has 2 aromatic heterocycles. The molecule has 1 atom stereocenters. The van der Waals surface area contributed by atoms with Gasteiger partial charge in [-0.1, -0.05) is 42.1 Å². The van der Waals surface area contributed by atoms with Crippen molar-refractivity contribution in [2.24, 2.45) is 0 Å². The minimum atomic E-state index is -0.333. The summed E-state index contributed by atoms with van der Waals surface area (Å²) in [6.07, 6.45) is 2.09. The Morgan fingerprint density at radius 2 is 2.09 bits per heavy atom. The van der Waals surface area contributed by atoms with E-state index in [2.05, 4.69) is 20.3 Å². The van der Waals surface area contributed by atoms with E-state index in [-0.39, 0.29) is 11.2 Å². The van der Waals surface area contributed by atoms with Gasteiger partial charge in [-0.15, -0.1) is 5.10 Å². The molecule has 1 unspecified atom stereocenters. The smallest absolute Gasteiger partial charge is 0.319 e. The molecule has 0 amide bonds. The van der Waals surface area contributed by atoms with Crippen LogP contribution in [0.15, 0.2) is 41.7 Å². The van der Waals surface area contributed by atoms with Crippen molar-refractivity contribution in [2.45, 2.75) is 23.6 Å². The van der Waals surface area contributed by atoms with Crippen LogP contribution in [-0.2, 0) is 9.53 Å². The van der Waals surface area contributed by atoms with E-state index in [0.717, 1.165) is 5.69 Å². The first-order chi connectivity index (χ1) is 11.2. The van der Waals surface area contributed by atoms with E-state index in [1.54, 1.807) is 4.68 Å². The third kappa shape index (κ3) is 3.02. The minimum absolute atomic E-state index is 0.278. The summed E-state index contributed by atoms with van der Waals surface area (Å²) in [5, 5.41) is 8.63. The van der Waals surface area contributed by atoms with Gasteiger partial charge in [0, 0.05) is 0 Å². The molecule has 0 aliphatic heterocycles. The lowest BCUT2D eigenvalue weighted by molar-refractivity contribution is -0.140. The maximum absolute atomic E-state index is 11.8. The Morgan fingerprint density at radius 1 is 1.30 bits per heavy atom. The van der Waals surface area contributed by atoms with E-state index in [9.17, 15) is 4.79 Å². The molecule has 8 heteroatoms. The molecule has 0 aliphatic rings. The van der Waals surface area contributed by atoms with Gasteiger partial charge in [0.25, 0.3) is 0 Å². The first-order valence-corrected chi connectivity index (χ1v) is 7.99. The van der Waals surface area contributed by atoms with Crippen LogP contribution >= 0.6 is 11.8 Å². The number of para-hydroxylation sites is 1. The van der Waals surface area contributed by atoms with Gasteiger partial charge >= 0.3 is 5.97 Å². The topological polar surface area (TPSA) is 82.8 Å². The van der Waals surface area contributed by atoms with Crippen LogP contribution in [0, 0.1) is 0 Å². The Kier molecular flexibility index (Phi) is 4.52. The zero-order valence-electron chi connectivity index (χ0n) is 12.7. The number of carbonyl (C=O) groups is 1. The first-order valence-electron chi connectivity index (χ1n) is 7.11. The number of ether oxygens (including phenoxy) is 1. The maximum Gasteiger partial charge on any atom is 0.319 e. The molecular formula is C15H15N5O2S. The van der Waals surface area contributed by atoms with Crippen molar-refractivity contribution in [1.29, 1.82) is 0 Å². The molecule has 0 fully saturated rings. The van der Waals surface area contributed by atoms with Crippen molar-refractivity contribution in [3.63, 3.8) is 0 Å². The van der Waals surface area contributed by atoms with Crippen molar-refractivity contribution in [2.75, 3.05) is 7.11 Å². The second-order valence-electron chi connectivity index (χ2n) is 4.73. The number of esters is 1. The summed E-state index contributed by atoms with van der Waals surface area (Å²) in [5.41, 5.74) is 2.04. The lowest BCUT2D eigenvalue weighted by Crippen LogP contribution is -2.17. The fraction of sp³-hybridized carbons (Fsp3) is 0.267. The molecule has 7 nitrogen and oxygen atoms in total. The quantitative estimate of drug-likeness (QED) is 0.403. The summed E-state index contributed by atoms with van der Waals surface area (Å²) in [4.78, 5) is 20.3. The number of benzene rings is 1. The van der Waals surface area contributed by atoms with Gasteiger partial charge in [0.1, 0.15) is 16.6 Å². The van der Waals surface area contributed by atoms with Crippen LogP contribution < -0.4 is 0 Å². The van der Waals surface area contributed by atoms with E-state index in [4.69, 9.17) is 4.74 Å². The highest BCUT2D eigenvalue weighted by atomic mass is 32.2. The Hall–Kier alpha value is -2.48. The summed E-state index contributed by atoms with van der Waals surface area (Å²) in [6, 6.07) is 9.62. The van der Waals surface area contributed by atoms with E-state index in [1.165, 1.54) is 25.2 Å². The van der Waals surface area contributed by atoms with Gasteiger partial charge in [0.2, 0.25) is 0 Å². The molecule has 0 spiro atoms. The summed E-state index contributed by atoms with van der Waals surface area (Å²) in [6.45, 7) is 1.92. The highest BCUT2D eigenvalue weighted by molar-refractivity contribution is 8.00. The van der Waals surface area contributed by atoms with Crippen LogP contribution in [0.4, 0.5) is 0 Å². The number of hydrogen-bond acceptors (Lipinski definition) is 7. The first kappa shape index (κ1) is 15.4. The fourth-order valence-electron chi connectivity index (χ4n) is 2.12. The van der Waals surface area contributed by atoms with Gasteiger partial charge < -0.3 is 4.74 Å². The average molecular weight is 329 g/mol. The minimum Gasteiger partial charge on any atom is -0.468 e. The third-order valence-electron chi connectivity index (χ3n) is 3.29. The normalized spacial score (nSPS) is 12.3. The van der Waals surface area contributed by atoms with Gasteiger partial charge in [-0.25, -0.2) is 9.97 Å². The number of nitrogens with zero attached hydrogens (tertiary/aromatic N) is 5. The Balaban J connectivity index is 2.01. The van der Waals surface area contributed by atoms with Crippen LogP contribution in [0.5, 0.6) is 0 Å². The standard InChI is InChI=1S/C15H15N5O2S/c1-3-11(15(21)22-2)23-14-12-13(16-9-17-14)20(19-18-12)10-7-5-4-6-8-10/h4-9,11H,3H2,1-2H3. The van der Waals surface area contributed by atoms with Crippen LogP contribution in [-0.4, -0.2) is 43.3 Å². The molecule has 0 saturated heterocycles. The second-order valence-corrected chi connectivity index (χ2v) is 5.92. The van der Waals surface area contributed by atoms with Crippen molar-refractivity contribution in [1.82, 2.24) is 25.0 Å². The molecule has 3 rings (SSSR count). The van der Waals surface area contributed by atoms with E-state index < -0.39 is 0 Å². The molecule has 0 N–H and O–H groups in total. The van der Waals surface area contributed by atoms with Crippen LogP contribution in [0.3, 0.4) is 0 Å². The molecule has 2 heterocycles. The fourth-order valence-corrected chi connectivity index (χ4v) is 3.10. The van der Waals surface area contributed by atoms with Gasteiger partial charge in [-0.05, 0) is 18.6 Å². The summed E-state index contributed by atoms with van der Waals surface area (Å²) >= 11 is 1.32. The Morgan fingerprint density at radius 3 is 2.78 bits per heavy atom. The zero-order chi connectivity index (χ0) is 16.2. The SMILES string of the molecule is CCC(Sc1ncnc2c1nnn2-c1ccccc1)C(=O)OC. The van der Waals surface area contributed by atoms with Crippen LogP contribution in [0.1, 0.15) is 13.3 Å². The Labute approximate surface area is 137 Å². The number of carbonyl (C=O) groups excluding carboxylic acids is 1. The number of hydrogen-bond donors (Lipinski definition) is 0. The average Bonchev–Trinajstić information content (AvgIpc) is 3.04. The molecule has 0 bridgehead atoms.